The molecular formula is C16H32N2O6. The van der Waals surface area contributed by atoms with Crippen LogP contribution in [0.3, 0.4) is 0 Å². The van der Waals surface area contributed by atoms with Crippen molar-refractivity contribution in [3.63, 3.8) is 0 Å². The summed E-state index contributed by atoms with van der Waals surface area (Å²) >= 11 is 0. The molecule has 0 aromatic carbocycles. The van der Waals surface area contributed by atoms with Gasteiger partial charge < -0.3 is 31.5 Å². The molecule has 2 amide bonds. The molecule has 0 radical (unpaired) electrons. The Morgan fingerprint density at radius 1 is 0.833 bits per heavy atom. The minimum Gasteiger partial charge on any atom is -0.387 e. The highest BCUT2D eigenvalue weighted by atomic mass is 16.5. The van der Waals surface area contributed by atoms with Gasteiger partial charge in [0, 0.05) is 6.61 Å². The van der Waals surface area contributed by atoms with Gasteiger partial charge in [-0.2, -0.15) is 0 Å². The van der Waals surface area contributed by atoms with Crippen LogP contribution in [0.1, 0.15) is 58.3 Å². The molecule has 8 heteroatoms. The molecule has 0 spiro atoms. The molecule has 142 valence electrons. The van der Waals surface area contributed by atoms with E-state index in [9.17, 15) is 24.9 Å². The molecule has 0 aromatic rings. The van der Waals surface area contributed by atoms with Crippen LogP contribution in [-0.4, -0.2) is 58.2 Å². The fraction of sp³-hybridized carbons (Fsp3) is 0.875. The topological polar surface area (TPSA) is 156 Å². The third-order valence-electron chi connectivity index (χ3n) is 3.85. The number of ether oxygens (including phenoxy) is 1. The van der Waals surface area contributed by atoms with E-state index in [-0.39, 0.29) is 6.61 Å². The second-order valence-electron chi connectivity index (χ2n) is 6.00. The smallest absolute Gasteiger partial charge is 0.249 e. The van der Waals surface area contributed by atoms with Gasteiger partial charge >= 0.3 is 0 Å². The molecule has 24 heavy (non-hydrogen) atoms. The van der Waals surface area contributed by atoms with Gasteiger partial charge in [-0.1, -0.05) is 51.9 Å². The standard InChI is InChI=1S/C16H32N2O6/c1-2-3-4-5-6-7-8-9-10-24-14(16(18)23)12(20)11(19)13(21)15(17)22/h11-14,19-21H,2-10H2,1H3,(H2,17,22)(H2,18,23)/t11-,12-,13-,14+/m0/s1. The summed E-state index contributed by atoms with van der Waals surface area (Å²) in [5, 5.41) is 28.8. The number of rotatable bonds is 15. The average Bonchev–Trinajstić information content (AvgIpc) is 2.54. The van der Waals surface area contributed by atoms with Gasteiger partial charge in [0.1, 0.15) is 12.2 Å². The number of hydrogen-bond donors (Lipinski definition) is 5. The molecule has 0 heterocycles. The van der Waals surface area contributed by atoms with Crippen molar-refractivity contribution >= 4 is 11.8 Å². The van der Waals surface area contributed by atoms with Crippen molar-refractivity contribution in [2.24, 2.45) is 11.5 Å². The van der Waals surface area contributed by atoms with Crippen LogP contribution in [0, 0.1) is 0 Å². The van der Waals surface area contributed by atoms with E-state index in [1.54, 1.807) is 0 Å². The number of primary amides is 2. The van der Waals surface area contributed by atoms with Crippen LogP contribution in [0.2, 0.25) is 0 Å². The van der Waals surface area contributed by atoms with E-state index in [1.807, 2.05) is 0 Å². The van der Waals surface area contributed by atoms with Crippen LogP contribution in [0.4, 0.5) is 0 Å². The quantitative estimate of drug-likeness (QED) is 0.253. The van der Waals surface area contributed by atoms with E-state index >= 15 is 0 Å². The highest BCUT2D eigenvalue weighted by Crippen LogP contribution is 2.11. The monoisotopic (exact) mass is 348 g/mol. The summed E-state index contributed by atoms with van der Waals surface area (Å²) in [6.07, 6.45) is 1.40. The third-order valence-corrected chi connectivity index (χ3v) is 3.85. The summed E-state index contributed by atoms with van der Waals surface area (Å²) < 4.78 is 5.21. The number of aliphatic hydroxyl groups is 3. The summed E-state index contributed by atoms with van der Waals surface area (Å²) in [4.78, 5) is 22.1. The zero-order valence-electron chi connectivity index (χ0n) is 14.4. The molecule has 0 rings (SSSR count). The zero-order chi connectivity index (χ0) is 18.5. The highest BCUT2D eigenvalue weighted by Gasteiger charge is 2.37. The Balaban J connectivity index is 4.08. The molecule has 0 saturated heterocycles. The largest absolute Gasteiger partial charge is 0.387 e. The van der Waals surface area contributed by atoms with Crippen LogP contribution in [0.5, 0.6) is 0 Å². The van der Waals surface area contributed by atoms with Crippen molar-refractivity contribution in [1.82, 2.24) is 0 Å². The van der Waals surface area contributed by atoms with E-state index in [1.165, 1.54) is 25.7 Å². The predicted octanol–water partition coefficient (Wildman–Crippen LogP) is -0.434. The second kappa shape index (κ2) is 13.1. The average molecular weight is 348 g/mol. The van der Waals surface area contributed by atoms with Crippen molar-refractivity contribution in [3.05, 3.63) is 0 Å². The number of carbonyl (C=O) groups is 2. The zero-order valence-corrected chi connectivity index (χ0v) is 14.4. The molecule has 0 saturated carbocycles. The lowest BCUT2D eigenvalue weighted by molar-refractivity contribution is -0.158. The molecule has 0 bridgehead atoms. The van der Waals surface area contributed by atoms with Crippen molar-refractivity contribution in [1.29, 1.82) is 0 Å². The highest BCUT2D eigenvalue weighted by molar-refractivity contribution is 5.81. The van der Waals surface area contributed by atoms with Crippen LogP contribution in [-0.2, 0) is 14.3 Å². The molecule has 0 unspecified atom stereocenters. The molecule has 0 aliphatic heterocycles. The maximum absolute atomic E-state index is 11.3. The Labute approximate surface area is 143 Å². The summed E-state index contributed by atoms with van der Waals surface area (Å²) in [5.41, 5.74) is 9.96. The van der Waals surface area contributed by atoms with Crippen molar-refractivity contribution in [2.45, 2.75) is 82.7 Å². The fourth-order valence-electron chi connectivity index (χ4n) is 2.33. The number of nitrogens with two attached hydrogens (primary N) is 2. The minimum absolute atomic E-state index is 0.180. The fourth-order valence-corrected chi connectivity index (χ4v) is 2.33. The lowest BCUT2D eigenvalue weighted by atomic mass is 10.0. The lowest BCUT2D eigenvalue weighted by Crippen LogP contribution is -2.53. The van der Waals surface area contributed by atoms with Crippen molar-refractivity contribution in [3.8, 4) is 0 Å². The predicted molar refractivity (Wildman–Crippen MR) is 88.8 cm³/mol. The summed E-state index contributed by atoms with van der Waals surface area (Å²) in [5.74, 6) is -2.20. The number of unbranched alkanes of at least 4 members (excludes halogenated alkanes) is 7. The summed E-state index contributed by atoms with van der Waals surface area (Å²) in [6.45, 7) is 2.35. The van der Waals surface area contributed by atoms with Gasteiger partial charge in [-0.05, 0) is 6.42 Å². The summed E-state index contributed by atoms with van der Waals surface area (Å²) in [7, 11) is 0. The van der Waals surface area contributed by atoms with Gasteiger partial charge in [0.25, 0.3) is 0 Å². The van der Waals surface area contributed by atoms with Crippen molar-refractivity contribution < 1.29 is 29.6 Å². The normalized spacial score (nSPS) is 16.3. The van der Waals surface area contributed by atoms with Gasteiger partial charge in [-0.25, -0.2) is 0 Å². The number of aliphatic hydroxyl groups excluding tert-OH is 3. The first kappa shape index (κ1) is 22.8. The first-order valence-corrected chi connectivity index (χ1v) is 8.57. The molecule has 0 fully saturated rings. The molecular weight excluding hydrogens is 316 g/mol. The number of carbonyl (C=O) groups excluding carboxylic acids is 2. The van der Waals surface area contributed by atoms with Gasteiger partial charge in [0.2, 0.25) is 11.8 Å². The third kappa shape index (κ3) is 9.17. The number of hydrogen-bond acceptors (Lipinski definition) is 6. The Morgan fingerprint density at radius 2 is 1.33 bits per heavy atom. The first-order valence-electron chi connectivity index (χ1n) is 8.57. The number of amides is 2. The maximum atomic E-state index is 11.3. The Bertz CT molecular complexity index is 366. The van der Waals surface area contributed by atoms with Gasteiger partial charge in [-0.15, -0.1) is 0 Å². The van der Waals surface area contributed by atoms with Gasteiger partial charge in [-0.3, -0.25) is 9.59 Å². The molecule has 8 nitrogen and oxygen atoms in total. The summed E-state index contributed by atoms with van der Waals surface area (Å²) in [6, 6.07) is 0. The van der Waals surface area contributed by atoms with Crippen LogP contribution in [0.15, 0.2) is 0 Å². The Kier molecular flexibility index (Phi) is 12.4. The van der Waals surface area contributed by atoms with E-state index in [2.05, 4.69) is 6.92 Å². The molecule has 0 aliphatic rings. The van der Waals surface area contributed by atoms with Gasteiger partial charge in [0.05, 0.1) is 0 Å². The van der Waals surface area contributed by atoms with E-state index in [0.29, 0.717) is 6.42 Å². The molecule has 0 aromatic heterocycles. The molecule has 7 N–H and O–H groups in total. The van der Waals surface area contributed by atoms with E-state index < -0.39 is 36.2 Å². The maximum Gasteiger partial charge on any atom is 0.249 e. The van der Waals surface area contributed by atoms with Crippen LogP contribution in [0.25, 0.3) is 0 Å². The minimum atomic E-state index is -2.01. The Hall–Kier alpha value is -1.22. The molecule has 0 aliphatic carbocycles. The molecule has 4 atom stereocenters. The van der Waals surface area contributed by atoms with Crippen LogP contribution >= 0.6 is 0 Å². The SMILES string of the molecule is CCCCCCCCCCO[C@@H](C(N)=O)[C@@H](O)[C@H](O)[C@H](O)C(N)=O. The lowest BCUT2D eigenvalue weighted by Gasteiger charge is -2.26. The second-order valence-corrected chi connectivity index (χ2v) is 6.00. The first-order chi connectivity index (χ1) is 11.3. The van der Waals surface area contributed by atoms with E-state index in [0.717, 1.165) is 19.3 Å². The van der Waals surface area contributed by atoms with Gasteiger partial charge in [0.15, 0.2) is 12.2 Å². The van der Waals surface area contributed by atoms with E-state index in [4.69, 9.17) is 16.2 Å². The Morgan fingerprint density at radius 3 is 1.79 bits per heavy atom. The van der Waals surface area contributed by atoms with Crippen LogP contribution < -0.4 is 11.5 Å². The van der Waals surface area contributed by atoms with Crippen molar-refractivity contribution in [2.75, 3.05) is 6.61 Å².